The van der Waals surface area contributed by atoms with Gasteiger partial charge in [0, 0.05) is 17.5 Å². The van der Waals surface area contributed by atoms with E-state index >= 15 is 0 Å². The van der Waals surface area contributed by atoms with Gasteiger partial charge in [0.25, 0.3) is 0 Å². The molecular weight excluding hydrogens is 230 g/mol. The summed E-state index contributed by atoms with van der Waals surface area (Å²) in [5, 5.41) is 3.78. The molecule has 1 N–H and O–H groups in total. The van der Waals surface area contributed by atoms with E-state index in [1.807, 2.05) is 0 Å². The molecule has 0 aromatic rings. The van der Waals surface area contributed by atoms with E-state index < -0.39 is 0 Å². The van der Waals surface area contributed by atoms with Gasteiger partial charge < -0.3 is 5.32 Å². The predicted octanol–water partition coefficient (Wildman–Crippen LogP) is 5.07. The lowest BCUT2D eigenvalue weighted by molar-refractivity contribution is 0.0734. The van der Waals surface area contributed by atoms with Gasteiger partial charge in [-0.2, -0.15) is 0 Å². The van der Waals surface area contributed by atoms with Crippen LogP contribution < -0.4 is 5.32 Å². The lowest BCUT2D eigenvalue weighted by Crippen LogP contribution is -2.51. The molecule has 2 aliphatic carbocycles. The molecule has 0 unspecified atom stereocenters. The molecule has 0 heterocycles. The fourth-order valence-electron chi connectivity index (χ4n) is 3.93. The van der Waals surface area contributed by atoms with E-state index in [1.54, 1.807) is 5.57 Å². The molecule has 2 rings (SSSR count). The number of hydrogen-bond donors (Lipinski definition) is 1. The van der Waals surface area contributed by atoms with Crippen molar-refractivity contribution in [2.24, 2.45) is 11.3 Å². The standard InChI is InChI=1S/C18H33N/c1-5-9-15-12-18(13-15,14-19-17(2,3)4)16-10-7-6-8-11-16/h10,15,19H,5-9,11-14H2,1-4H3. The van der Waals surface area contributed by atoms with E-state index in [2.05, 4.69) is 39.1 Å². The van der Waals surface area contributed by atoms with Gasteiger partial charge in [0.2, 0.25) is 0 Å². The summed E-state index contributed by atoms with van der Waals surface area (Å²) in [7, 11) is 0. The van der Waals surface area contributed by atoms with Crippen LogP contribution in [0, 0.1) is 11.3 Å². The van der Waals surface area contributed by atoms with Crippen molar-refractivity contribution >= 4 is 0 Å². The van der Waals surface area contributed by atoms with Crippen LogP contribution in [0.4, 0.5) is 0 Å². The summed E-state index contributed by atoms with van der Waals surface area (Å²) >= 11 is 0. The zero-order valence-electron chi connectivity index (χ0n) is 13.5. The molecule has 2 aliphatic rings. The number of nitrogens with one attached hydrogen (secondary N) is 1. The molecular formula is C18H33N. The van der Waals surface area contributed by atoms with Crippen LogP contribution in [0.5, 0.6) is 0 Å². The van der Waals surface area contributed by atoms with Crippen molar-refractivity contribution in [2.45, 2.75) is 84.6 Å². The fraction of sp³-hybridized carbons (Fsp3) is 0.889. The van der Waals surface area contributed by atoms with Crippen LogP contribution in [-0.4, -0.2) is 12.1 Å². The molecule has 0 aromatic heterocycles. The largest absolute Gasteiger partial charge is 0.311 e. The summed E-state index contributed by atoms with van der Waals surface area (Å²) in [4.78, 5) is 0. The van der Waals surface area contributed by atoms with Crippen LogP contribution in [0.3, 0.4) is 0 Å². The van der Waals surface area contributed by atoms with Gasteiger partial charge in [0.1, 0.15) is 0 Å². The smallest absolute Gasteiger partial charge is 0.00968 e. The van der Waals surface area contributed by atoms with Gasteiger partial charge in [-0.25, -0.2) is 0 Å². The average molecular weight is 263 g/mol. The first-order chi connectivity index (χ1) is 8.95. The highest BCUT2D eigenvalue weighted by Gasteiger charge is 2.46. The Bertz CT molecular complexity index is 315. The van der Waals surface area contributed by atoms with E-state index in [9.17, 15) is 0 Å². The monoisotopic (exact) mass is 263 g/mol. The molecule has 1 fully saturated rings. The number of rotatable bonds is 5. The molecule has 0 aliphatic heterocycles. The summed E-state index contributed by atoms with van der Waals surface area (Å²) in [6, 6.07) is 0. The molecule has 0 radical (unpaired) electrons. The fourth-order valence-corrected chi connectivity index (χ4v) is 3.93. The first-order valence-corrected chi connectivity index (χ1v) is 8.40. The van der Waals surface area contributed by atoms with E-state index in [4.69, 9.17) is 0 Å². The molecule has 1 heteroatoms. The van der Waals surface area contributed by atoms with Crippen LogP contribution in [0.15, 0.2) is 11.6 Å². The van der Waals surface area contributed by atoms with Gasteiger partial charge in [-0.05, 0) is 65.2 Å². The zero-order valence-corrected chi connectivity index (χ0v) is 13.5. The van der Waals surface area contributed by atoms with Gasteiger partial charge in [-0.3, -0.25) is 0 Å². The van der Waals surface area contributed by atoms with Crippen LogP contribution >= 0.6 is 0 Å². The van der Waals surface area contributed by atoms with Crippen molar-refractivity contribution in [1.29, 1.82) is 0 Å². The normalized spacial score (nSPS) is 31.8. The summed E-state index contributed by atoms with van der Waals surface area (Å²) in [6.45, 7) is 10.4. The first-order valence-electron chi connectivity index (χ1n) is 8.40. The highest BCUT2D eigenvalue weighted by Crippen LogP contribution is 2.54. The van der Waals surface area contributed by atoms with Crippen molar-refractivity contribution < 1.29 is 0 Å². The molecule has 1 saturated carbocycles. The molecule has 0 aromatic carbocycles. The minimum absolute atomic E-state index is 0.248. The van der Waals surface area contributed by atoms with Crippen LogP contribution in [0.1, 0.15) is 79.1 Å². The Kier molecular flexibility index (Phi) is 4.76. The zero-order chi connectivity index (χ0) is 13.9. The third kappa shape index (κ3) is 3.84. The number of hydrogen-bond acceptors (Lipinski definition) is 1. The van der Waals surface area contributed by atoms with Gasteiger partial charge in [-0.15, -0.1) is 0 Å². The minimum Gasteiger partial charge on any atom is -0.311 e. The lowest BCUT2D eigenvalue weighted by Gasteiger charge is -2.52. The number of allylic oxidation sites excluding steroid dienone is 1. The van der Waals surface area contributed by atoms with Crippen molar-refractivity contribution in [3.8, 4) is 0 Å². The van der Waals surface area contributed by atoms with E-state index in [0.29, 0.717) is 5.41 Å². The Hall–Kier alpha value is -0.300. The Morgan fingerprint density at radius 3 is 2.53 bits per heavy atom. The molecule has 1 nitrogen and oxygen atoms in total. The summed E-state index contributed by atoms with van der Waals surface area (Å²) in [5.74, 6) is 0.995. The minimum atomic E-state index is 0.248. The van der Waals surface area contributed by atoms with Crippen molar-refractivity contribution in [2.75, 3.05) is 6.54 Å². The second kappa shape index (κ2) is 5.99. The van der Waals surface area contributed by atoms with E-state index in [1.165, 1.54) is 57.9 Å². The van der Waals surface area contributed by atoms with Crippen LogP contribution in [0.25, 0.3) is 0 Å². The van der Waals surface area contributed by atoms with Crippen molar-refractivity contribution in [1.82, 2.24) is 5.32 Å². The molecule has 0 atom stereocenters. The first kappa shape index (κ1) is 15.1. The Morgan fingerprint density at radius 1 is 1.26 bits per heavy atom. The average Bonchev–Trinajstić information content (AvgIpc) is 2.32. The maximum atomic E-state index is 3.78. The summed E-state index contributed by atoms with van der Waals surface area (Å²) in [6.07, 6.45) is 13.8. The van der Waals surface area contributed by atoms with Gasteiger partial charge in [0.05, 0.1) is 0 Å². The third-order valence-electron chi connectivity index (χ3n) is 4.99. The SMILES string of the molecule is CCCC1CC(CNC(C)(C)C)(C2=CCCCC2)C1. The molecule has 19 heavy (non-hydrogen) atoms. The van der Waals surface area contributed by atoms with Gasteiger partial charge in [0.15, 0.2) is 0 Å². The highest BCUT2D eigenvalue weighted by molar-refractivity contribution is 5.22. The Labute approximate surface area is 120 Å². The summed E-state index contributed by atoms with van der Waals surface area (Å²) < 4.78 is 0. The Morgan fingerprint density at radius 2 is 2.00 bits per heavy atom. The maximum absolute atomic E-state index is 3.78. The molecule has 0 bridgehead atoms. The topological polar surface area (TPSA) is 12.0 Å². The second-order valence-corrected chi connectivity index (χ2v) is 7.92. The van der Waals surface area contributed by atoms with Gasteiger partial charge >= 0.3 is 0 Å². The lowest BCUT2D eigenvalue weighted by atomic mass is 9.55. The molecule has 0 spiro atoms. The van der Waals surface area contributed by atoms with Crippen molar-refractivity contribution in [3.05, 3.63) is 11.6 Å². The van der Waals surface area contributed by atoms with Crippen LogP contribution in [-0.2, 0) is 0 Å². The van der Waals surface area contributed by atoms with Crippen LogP contribution in [0.2, 0.25) is 0 Å². The molecule has 0 saturated heterocycles. The quantitative estimate of drug-likeness (QED) is 0.683. The predicted molar refractivity (Wildman–Crippen MR) is 84.4 cm³/mol. The molecule has 110 valence electrons. The second-order valence-electron chi connectivity index (χ2n) is 7.92. The van der Waals surface area contributed by atoms with Crippen molar-refractivity contribution in [3.63, 3.8) is 0 Å². The van der Waals surface area contributed by atoms with E-state index in [0.717, 1.165) is 5.92 Å². The third-order valence-corrected chi connectivity index (χ3v) is 4.99. The Balaban J connectivity index is 2.00. The summed E-state index contributed by atoms with van der Waals surface area (Å²) in [5.41, 5.74) is 2.56. The molecule has 0 amide bonds. The highest BCUT2D eigenvalue weighted by atomic mass is 15.0. The maximum Gasteiger partial charge on any atom is 0.00968 e. The van der Waals surface area contributed by atoms with E-state index in [-0.39, 0.29) is 5.54 Å². The van der Waals surface area contributed by atoms with Gasteiger partial charge in [-0.1, -0.05) is 31.4 Å².